The average Bonchev–Trinajstić information content (AvgIpc) is 2.54. The molecule has 1 saturated heterocycles. The number of nitrogens with two attached hydrogens (primary N) is 1. The van der Waals surface area contributed by atoms with Crippen molar-refractivity contribution in [3.8, 4) is 0 Å². The first-order chi connectivity index (χ1) is 10.2. The number of hydrogen-bond donors (Lipinski definition) is 2. The Morgan fingerprint density at radius 3 is 2.62 bits per heavy atom. The molecule has 1 amide bonds. The Hall–Kier alpha value is -1.59. The van der Waals surface area contributed by atoms with E-state index in [0.29, 0.717) is 6.54 Å². The zero-order chi connectivity index (χ0) is 15.1. The van der Waals surface area contributed by atoms with Crippen molar-refractivity contribution >= 4 is 17.3 Å². The molecule has 116 valence electrons. The zero-order valence-corrected chi connectivity index (χ0v) is 12.7. The second kappa shape index (κ2) is 8.00. The molecule has 3 N–H and O–H groups in total. The first-order valence-electron chi connectivity index (χ1n) is 7.64. The Kier molecular flexibility index (Phi) is 6.02. The summed E-state index contributed by atoms with van der Waals surface area (Å²) in [6.45, 7) is 5.96. The summed E-state index contributed by atoms with van der Waals surface area (Å²) in [4.78, 5) is 14.3. The Balaban J connectivity index is 1.88. The maximum absolute atomic E-state index is 12.0. The smallest absolute Gasteiger partial charge is 0.227 e. The second-order valence-corrected chi connectivity index (χ2v) is 5.47. The highest BCUT2D eigenvalue weighted by Gasteiger charge is 2.13. The molecule has 1 heterocycles. The molecule has 1 aliphatic rings. The summed E-state index contributed by atoms with van der Waals surface area (Å²) >= 11 is 0. The molecule has 1 unspecified atom stereocenters. The van der Waals surface area contributed by atoms with Crippen LogP contribution in [0.25, 0.3) is 0 Å². The largest absolute Gasteiger partial charge is 0.378 e. The standard InChI is InChI=1S/C16H25N3O2/c1-13(3-2-8-17)16(20)18-14-4-6-15(7-5-14)19-9-11-21-12-10-19/h4-7,13H,2-3,8-12,17H2,1H3,(H,18,20). The fourth-order valence-electron chi connectivity index (χ4n) is 2.40. The third-order valence-electron chi connectivity index (χ3n) is 3.80. The summed E-state index contributed by atoms with van der Waals surface area (Å²) in [7, 11) is 0. The summed E-state index contributed by atoms with van der Waals surface area (Å²) in [5.41, 5.74) is 7.49. The average molecular weight is 291 g/mol. The molecule has 5 nitrogen and oxygen atoms in total. The lowest BCUT2D eigenvalue weighted by molar-refractivity contribution is -0.119. The summed E-state index contributed by atoms with van der Waals surface area (Å²) in [5, 5.41) is 2.96. The molecular formula is C16H25N3O2. The van der Waals surface area contributed by atoms with Gasteiger partial charge in [0.1, 0.15) is 0 Å². The molecule has 5 heteroatoms. The van der Waals surface area contributed by atoms with E-state index >= 15 is 0 Å². The van der Waals surface area contributed by atoms with Gasteiger partial charge in [0.15, 0.2) is 0 Å². The molecular weight excluding hydrogens is 266 g/mol. The first-order valence-corrected chi connectivity index (χ1v) is 7.64. The maximum Gasteiger partial charge on any atom is 0.227 e. The van der Waals surface area contributed by atoms with Crippen LogP contribution in [0.3, 0.4) is 0 Å². The summed E-state index contributed by atoms with van der Waals surface area (Å²) in [6.07, 6.45) is 1.71. The van der Waals surface area contributed by atoms with E-state index in [4.69, 9.17) is 10.5 Å². The van der Waals surface area contributed by atoms with Gasteiger partial charge in [0.25, 0.3) is 0 Å². The van der Waals surface area contributed by atoms with Crippen LogP contribution in [-0.2, 0) is 9.53 Å². The summed E-state index contributed by atoms with van der Waals surface area (Å²) < 4.78 is 5.35. The molecule has 1 aromatic carbocycles. The van der Waals surface area contributed by atoms with Crippen molar-refractivity contribution in [1.82, 2.24) is 0 Å². The highest BCUT2D eigenvalue weighted by atomic mass is 16.5. The lowest BCUT2D eigenvalue weighted by atomic mass is 10.0. The Bertz CT molecular complexity index is 441. The summed E-state index contributed by atoms with van der Waals surface area (Å²) in [6, 6.07) is 8.01. The van der Waals surface area contributed by atoms with Crippen molar-refractivity contribution in [1.29, 1.82) is 0 Å². The lowest BCUT2D eigenvalue weighted by Crippen LogP contribution is -2.36. The molecule has 0 spiro atoms. The SMILES string of the molecule is CC(CCCN)C(=O)Nc1ccc(N2CCOCC2)cc1. The molecule has 0 aromatic heterocycles. The van der Waals surface area contributed by atoms with Crippen LogP contribution in [0.4, 0.5) is 11.4 Å². The fraction of sp³-hybridized carbons (Fsp3) is 0.562. The van der Waals surface area contributed by atoms with Crippen LogP contribution in [0.5, 0.6) is 0 Å². The van der Waals surface area contributed by atoms with Crippen LogP contribution in [0.15, 0.2) is 24.3 Å². The number of rotatable bonds is 6. The number of amides is 1. The molecule has 1 aliphatic heterocycles. The van der Waals surface area contributed by atoms with Crippen molar-refractivity contribution in [2.75, 3.05) is 43.1 Å². The normalized spacial score (nSPS) is 16.6. The zero-order valence-electron chi connectivity index (χ0n) is 12.7. The molecule has 1 fully saturated rings. The number of nitrogens with zero attached hydrogens (tertiary/aromatic N) is 1. The van der Waals surface area contributed by atoms with E-state index in [1.54, 1.807) is 0 Å². The number of anilines is 2. The van der Waals surface area contributed by atoms with Crippen molar-refractivity contribution in [3.63, 3.8) is 0 Å². The van der Waals surface area contributed by atoms with Crippen molar-refractivity contribution in [2.45, 2.75) is 19.8 Å². The van der Waals surface area contributed by atoms with E-state index < -0.39 is 0 Å². The molecule has 1 atom stereocenters. The topological polar surface area (TPSA) is 67.6 Å². The van der Waals surface area contributed by atoms with Crippen LogP contribution in [0.2, 0.25) is 0 Å². The van der Waals surface area contributed by atoms with E-state index in [0.717, 1.165) is 44.8 Å². The van der Waals surface area contributed by atoms with Gasteiger partial charge < -0.3 is 20.7 Å². The predicted molar refractivity (Wildman–Crippen MR) is 85.6 cm³/mol. The molecule has 1 aromatic rings. The van der Waals surface area contributed by atoms with Gasteiger partial charge in [-0.05, 0) is 43.7 Å². The molecule has 0 aliphatic carbocycles. The molecule has 0 radical (unpaired) electrons. The fourth-order valence-corrected chi connectivity index (χ4v) is 2.40. The Morgan fingerprint density at radius 2 is 2.00 bits per heavy atom. The first kappa shape index (κ1) is 15.8. The van der Waals surface area contributed by atoms with E-state index in [1.807, 2.05) is 31.2 Å². The van der Waals surface area contributed by atoms with Crippen LogP contribution in [0.1, 0.15) is 19.8 Å². The number of ether oxygens (including phenoxy) is 1. The third-order valence-corrected chi connectivity index (χ3v) is 3.80. The lowest BCUT2D eigenvalue weighted by Gasteiger charge is -2.29. The quantitative estimate of drug-likeness (QED) is 0.839. The number of nitrogens with one attached hydrogen (secondary N) is 1. The molecule has 21 heavy (non-hydrogen) atoms. The maximum atomic E-state index is 12.0. The second-order valence-electron chi connectivity index (χ2n) is 5.47. The molecule has 0 saturated carbocycles. The monoisotopic (exact) mass is 291 g/mol. The van der Waals surface area contributed by atoms with Gasteiger partial charge in [-0.3, -0.25) is 4.79 Å². The Labute approximate surface area is 126 Å². The van der Waals surface area contributed by atoms with Gasteiger partial charge in [-0.25, -0.2) is 0 Å². The summed E-state index contributed by atoms with van der Waals surface area (Å²) in [5.74, 6) is 0.0510. The third kappa shape index (κ3) is 4.72. The van der Waals surface area contributed by atoms with E-state index in [1.165, 1.54) is 5.69 Å². The number of carbonyl (C=O) groups excluding carboxylic acids is 1. The van der Waals surface area contributed by atoms with Crippen LogP contribution in [-0.4, -0.2) is 38.8 Å². The van der Waals surface area contributed by atoms with Gasteiger partial charge in [0.2, 0.25) is 5.91 Å². The van der Waals surface area contributed by atoms with Gasteiger partial charge in [-0.2, -0.15) is 0 Å². The van der Waals surface area contributed by atoms with Crippen molar-refractivity contribution < 1.29 is 9.53 Å². The van der Waals surface area contributed by atoms with Gasteiger partial charge in [-0.1, -0.05) is 6.92 Å². The van der Waals surface area contributed by atoms with Gasteiger partial charge in [0, 0.05) is 30.4 Å². The molecule has 2 rings (SSSR count). The van der Waals surface area contributed by atoms with Crippen molar-refractivity contribution in [2.24, 2.45) is 11.7 Å². The van der Waals surface area contributed by atoms with Crippen molar-refractivity contribution in [3.05, 3.63) is 24.3 Å². The van der Waals surface area contributed by atoms with E-state index in [9.17, 15) is 4.79 Å². The van der Waals surface area contributed by atoms with Crippen LogP contribution >= 0.6 is 0 Å². The Morgan fingerprint density at radius 1 is 1.33 bits per heavy atom. The van der Waals surface area contributed by atoms with E-state index in [2.05, 4.69) is 10.2 Å². The van der Waals surface area contributed by atoms with Crippen LogP contribution in [0, 0.1) is 5.92 Å². The number of morpholine rings is 1. The number of carbonyl (C=O) groups is 1. The minimum Gasteiger partial charge on any atom is -0.378 e. The van der Waals surface area contributed by atoms with E-state index in [-0.39, 0.29) is 11.8 Å². The predicted octanol–water partition coefficient (Wildman–Crippen LogP) is 1.84. The van der Waals surface area contributed by atoms with Gasteiger partial charge >= 0.3 is 0 Å². The van der Waals surface area contributed by atoms with Crippen LogP contribution < -0.4 is 16.0 Å². The minimum absolute atomic E-state index is 0.00697. The number of hydrogen-bond acceptors (Lipinski definition) is 4. The van der Waals surface area contributed by atoms with Gasteiger partial charge in [-0.15, -0.1) is 0 Å². The number of benzene rings is 1. The molecule has 0 bridgehead atoms. The highest BCUT2D eigenvalue weighted by molar-refractivity contribution is 5.92. The van der Waals surface area contributed by atoms with Gasteiger partial charge in [0.05, 0.1) is 13.2 Å². The highest BCUT2D eigenvalue weighted by Crippen LogP contribution is 2.19. The minimum atomic E-state index is -0.00697.